The number of aromatic nitrogens is 4. The van der Waals surface area contributed by atoms with Crippen molar-refractivity contribution in [3.63, 3.8) is 0 Å². The van der Waals surface area contributed by atoms with Crippen LogP contribution in [0, 0.1) is 13.8 Å². The van der Waals surface area contributed by atoms with Gasteiger partial charge >= 0.3 is 29.0 Å². The summed E-state index contributed by atoms with van der Waals surface area (Å²) in [5.41, 5.74) is 13.0. The maximum absolute atomic E-state index is 11.5. The van der Waals surface area contributed by atoms with Gasteiger partial charge in [-0.1, -0.05) is 54.5 Å². The molecule has 0 saturated carbocycles. The van der Waals surface area contributed by atoms with Gasteiger partial charge in [-0.25, -0.2) is 9.97 Å². The Hall–Kier alpha value is -3.85. The topological polar surface area (TPSA) is 129 Å². The zero-order chi connectivity index (χ0) is 31.2. The van der Waals surface area contributed by atoms with Crippen LogP contribution in [0.1, 0.15) is 91.5 Å². The number of aryl methyl sites for hydroxylation is 3. The smallest absolute Gasteiger partial charge is 0.657 e. The van der Waals surface area contributed by atoms with Crippen molar-refractivity contribution in [2.24, 2.45) is 0 Å². The summed E-state index contributed by atoms with van der Waals surface area (Å²) in [5.74, 6) is -1.79. The van der Waals surface area contributed by atoms with Crippen LogP contribution in [-0.2, 0) is 33.1 Å². The van der Waals surface area contributed by atoms with Gasteiger partial charge in [0.2, 0.25) is 0 Å². The van der Waals surface area contributed by atoms with E-state index in [0.29, 0.717) is 39.3 Å². The molecule has 0 amide bonds. The molecule has 44 heavy (non-hydrogen) atoms. The van der Waals surface area contributed by atoms with Gasteiger partial charge in [0.25, 0.3) is 0 Å². The third-order valence-electron chi connectivity index (χ3n) is 8.33. The molecule has 228 valence electrons. The van der Waals surface area contributed by atoms with Crippen molar-refractivity contribution in [2.75, 3.05) is 0 Å². The van der Waals surface area contributed by atoms with Crippen LogP contribution in [0.15, 0.2) is 30.8 Å². The third kappa shape index (κ3) is 6.20. The van der Waals surface area contributed by atoms with E-state index >= 15 is 0 Å². The van der Waals surface area contributed by atoms with Gasteiger partial charge in [0.15, 0.2) is 0 Å². The van der Waals surface area contributed by atoms with E-state index in [0.717, 1.165) is 67.9 Å². The van der Waals surface area contributed by atoms with Gasteiger partial charge in [-0.05, 0) is 74.8 Å². The van der Waals surface area contributed by atoms with Crippen molar-refractivity contribution in [2.45, 2.75) is 66.7 Å². The van der Waals surface area contributed by atoms with Gasteiger partial charge in [-0.3, -0.25) is 9.59 Å². The average Bonchev–Trinajstić information content (AvgIpc) is 3.59. The molecule has 0 radical (unpaired) electrons. The second-order valence-corrected chi connectivity index (χ2v) is 11.5. The zero-order valence-electron chi connectivity index (χ0n) is 25.4. The molecule has 2 N–H and O–H groups in total. The normalized spacial score (nSPS) is 12.9. The molecule has 10 heteroatoms. The summed E-state index contributed by atoms with van der Waals surface area (Å²) in [7, 11) is 0. The molecular weight excluding hydrogens is 616 g/mol. The van der Waals surface area contributed by atoms with E-state index in [4.69, 9.17) is 19.9 Å². The van der Waals surface area contributed by atoms with E-state index in [2.05, 4.69) is 33.1 Å². The van der Waals surface area contributed by atoms with Gasteiger partial charge in [0.1, 0.15) is 0 Å². The minimum atomic E-state index is -0.901. The number of carboxylic acid groups (broad SMARTS) is 2. The van der Waals surface area contributed by atoms with Crippen molar-refractivity contribution in [3.05, 3.63) is 75.9 Å². The Bertz CT molecular complexity index is 1950. The van der Waals surface area contributed by atoms with Crippen LogP contribution in [-0.4, -0.2) is 32.1 Å². The number of thiol groups is 1. The molecule has 5 heterocycles. The number of allylic oxidation sites excluding steroid dienone is 4. The average molecular weight is 651 g/mol. The van der Waals surface area contributed by atoms with Gasteiger partial charge in [-0.2, -0.15) is 0 Å². The van der Waals surface area contributed by atoms with Crippen molar-refractivity contribution < 1.29 is 36.9 Å². The minimum absolute atomic E-state index is 0. The predicted molar refractivity (Wildman–Crippen MR) is 175 cm³/mol. The summed E-state index contributed by atoms with van der Waals surface area (Å²) in [6, 6.07) is 7.71. The predicted octanol–water partition coefficient (Wildman–Crippen LogP) is 7.24. The number of hydrogen-bond donors (Lipinski definition) is 3. The van der Waals surface area contributed by atoms with Gasteiger partial charge in [0, 0.05) is 17.7 Å². The van der Waals surface area contributed by atoms with Crippen LogP contribution < -0.4 is 9.97 Å². The standard InChI is InChI=1S/C34H36N4O4S.Fe/c1-7-21-16(2)24-12-25-17(3)22(8-10-32(39)40)29(36-25)15-30-23(9-11-33(41)42)18(4)26(37-30)14-31-34(20(6)43)19(5)27(38-31)13-28(21)35-24;/h12-15H,6-11H2,1-5H3,(H5,35,36,37,38,39,40,41,42,43);/q;+2/p-2. The first kappa shape index (κ1) is 33.1. The Morgan fingerprint density at radius 3 is 1.82 bits per heavy atom. The van der Waals surface area contributed by atoms with Crippen molar-refractivity contribution in [1.29, 1.82) is 0 Å². The van der Waals surface area contributed by atoms with Gasteiger partial charge in [0.05, 0.1) is 22.8 Å². The SMILES string of the molecule is C=C(S)c1c(C)c2cc3nc(cc4[n-]c(cc5nc(cc1[n-]2)C(C)=C5CCC(=O)O)c(CCC(=O)O)c4C)C(C)=C3CC.[Fe+2]. The minimum Gasteiger partial charge on any atom is -0.657 e. The molecule has 8 nitrogen and oxygen atoms in total. The second kappa shape index (κ2) is 13.0. The van der Waals surface area contributed by atoms with E-state index in [9.17, 15) is 19.8 Å². The van der Waals surface area contributed by atoms with E-state index in [1.165, 1.54) is 0 Å². The first-order valence-corrected chi connectivity index (χ1v) is 14.7. The molecule has 3 aromatic rings. The molecule has 0 unspecified atom stereocenters. The van der Waals surface area contributed by atoms with Crippen molar-refractivity contribution >= 4 is 73.8 Å². The number of carboxylic acids is 2. The maximum Gasteiger partial charge on any atom is 2.00 e. The molecular formula is C34H34FeN4O4S. The first-order chi connectivity index (χ1) is 20.4. The monoisotopic (exact) mass is 650 g/mol. The Morgan fingerprint density at radius 1 is 0.750 bits per heavy atom. The van der Waals surface area contributed by atoms with E-state index < -0.39 is 11.9 Å². The Kier molecular flexibility index (Phi) is 9.78. The molecule has 0 aromatic carbocycles. The number of fused-ring (bicyclic) bond motifs is 8. The molecule has 0 fully saturated rings. The molecule has 0 saturated heterocycles. The summed E-state index contributed by atoms with van der Waals surface area (Å²) in [6.07, 6.45) is 1.28. The third-order valence-corrected chi connectivity index (χ3v) is 8.55. The molecule has 5 rings (SSSR count). The number of aliphatic carboxylic acids is 2. The van der Waals surface area contributed by atoms with Crippen molar-refractivity contribution in [1.82, 2.24) is 19.9 Å². The second-order valence-electron chi connectivity index (χ2n) is 11.0. The van der Waals surface area contributed by atoms with Gasteiger partial charge < -0.3 is 20.2 Å². The quantitative estimate of drug-likeness (QED) is 0.172. The van der Waals surface area contributed by atoms with E-state index in [1.807, 2.05) is 45.0 Å². The van der Waals surface area contributed by atoms with Crippen LogP contribution in [0.2, 0.25) is 0 Å². The molecule has 8 bridgehead atoms. The fourth-order valence-corrected chi connectivity index (χ4v) is 6.20. The molecule has 0 atom stereocenters. The summed E-state index contributed by atoms with van der Waals surface area (Å²) >= 11 is 4.59. The number of carbonyl (C=O) groups is 2. The molecule has 3 aromatic heterocycles. The van der Waals surface area contributed by atoms with Crippen LogP contribution in [0.4, 0.5) is 0 Å². The Morgan fingerprint density at radius 2 is 1.23 bits per heavy atom. The number of hydrogen-bond acceptors (Lipinski definition) is 5. The largest absolute Gasteiger partial charge is 2.00 e. The molecule has 2 aliphatic heterocycles. The fraction of sp³-hybridized carbons (Fsp3) is 0.294. The number of rotatable bonds is 8. The first-order valence-electron chi connectivity index (χ1n) is 14.3. The summed E-state index contributed by atoms with van der Waals surface area (Å²) in [5, 5.41) is 18.9. The van der Waals surface area contributed by atoms with E-state index in [1.54, 1.807) is 0 Å². The summed E-state index contributed by atoms with van der Waals surface area (Å²) in [6.45, 7) is 14.1. The molecule has 0 aliphatic carbocycles. The molecule has 0 spiro atoms. The van der Waals surface area contributed by atoms with Crippen LogP contribution in [0.25, 0.3) is 49.3 Å². The van der Waals surface area contributed by atoms with E-state index in [-0.39, 0.29) is 36.3 Å². The van der Waals surface area contributed by atoms with Crippen molar-refractivity contribution in [3.8, 4) is 0 Å². The van der Waals surface area contributed by atoms with Crippen LogP contribution in [0.5, 0.6) is 0 Å². The van der Waals surface area contributed by atoms with Crippen LogP contribution >= 0.6 is 12.6 Å². The van der Waals surface area contributed by atoms with Crippen LogP contribution in [0.3, 0.4) is 0 Å². The Labute approximate surface area is 272 Å². The summed E-state index contributed by atoms with van der Waals surface area (Å²) in [4.78, 5) is 43.5. The Balaban J connectivity index is 0.00000442. The van der Waals surface area contributed by atoms with Gasteiger partial charge in [-0.15, -0.1) is 34.7 Å². The number of nitrogens with zero attached hydrogens (tertiary/aromatic N) is 4. The molecule has 2 aliphatic rings. The fourth-order valence-electron chi connectivity index (χ4n) is 5.92. The zero-order valence-corrected chi connectivity index (χ0v) is 27.4. The summed E-state index contributed by atoms with van der Waals surface area (Å²) < 4.78 is 0. The maximum atomic E-state index is 11.5.